The highest BCUT2D eigenvalue weighted by Crippen LogP contribution is 2.50. The molecule has 14 heteroatoms. The molecular formula is C32H27BrF5N5O2S. The number of amides is 1. The second-order valence-corrected chi connectivity index (χ2v) is 13.3. The van der Waals surface area contributed by atoms with Crippen molar-refractivity contribution in [3.05, 3.63) is 93.1 Å². The maximum absolute atomic E-state index is 15.5. The molecule has 4 aromatic rings. The number of hydrogen-bond donors (Lipinski definition) is 0. The number of halogens is 6. The van der Waals surface area contributed by atoms with Crippen LogP contribution in [0, 0.1) is 11.6 Å². The van der Waals surface area contributed by atoms with Gasteiger partial charge < -0.3 is 9.80 Å². The minimum Gasteiger partial charge on any atom is -0.352 e. The number of thioether (sulfide) groups is 1. The van der Waals surface area contributed by atoms with Crippen molar-refractivity contribution in [1.29, 1.82) is 0 Å². The van der Waals surface area contributed by atoms with Gasteiger partial charge in [0.1, 0.15) is 17.5 Å². The maximum atomic E-state index is 15.5. The fraction of sp³-hybridized carbons (Fsp3) is 0.312. The Morgan fingerprint density at radius 3 is 2.46 bits per heavy atom. The molecule has 1 amide bonds. The summed E-state index contributed by atoms with van der Waals surface area (Å²) in [6, 6.07) is 5.24. The van der Waals surface area contributed by atoms with Crippen molar-refractivity contribution in [2.45, 2.75) is 49.5 Å². The Balaban J connectivity index is 1.66. The van der Waals surface area contributed by atoms with E-state index < -0.39 is 40.2 Å². The molecule has 0 aliphatic carbocycles. The van der Waals surface area contributed by atoms with E-state index in [0.717, 1.165) is 29.5 Å². The zero-order chi connectivity index (χ0) is 33.1. The summed E-state index contributed by atoms with van der Waals surface area (Å²) >= 11 is 4.07. The lowest BCUT2D eigenvalue weighted by molar-refractivity contribution is -0.137. The molecule has 240 valence electrons. The number of piperazine rings is 1. The van der Waals surface area contributed by atoms with Crippen molar-refractivity contribution in [3.63, 3.8) is 0 Å². The van der Waals surface area contributed by atoms with E-state index in [2.05, 4.69) is 32.5 Å². The number of pyridine rings is 1. The van der Waals surface area contributed by atoms with Crippen LogP contribution in [0.3, 0.4) is 0 Å². The summed E-state index contributed by atoms with van der Waals surface area (Å²) in [5.74, 6) is -2.49. The standard InChI is InChI=1S/C32H27BrF5N5O2S/c1-4-26(44)43-16(2)12-41(13-17(43)3)30-21-8-22(32(36,37)38)27(20-9-23(33)25(35)10-24(20)34)29-28(21)42(31(45)40-30)14-19(15-46-29)18-6-5-7-39-11-18/h4-11,16-17,19H,1,12-15H2,2-3H3/t16-,17+,19-/m1/s1. The number of rotatable bonds is 4. The van der Waals surface area contributed by atoms with Crippen molar-refractivity contribution in [3.8, 4) is 11.1 Å². The quantitative estimate of drug-likeness (QED) is 0.128. The van der Waals surface area contributed by atoms with Gasteiger partial charge in [-0.25, -0.2) is 13.6 Å². The summed E-state index contributed by atoms with van der Waals surface area (Å²) in [6.07, 6.45) is -0.525. The van der Waals surface area contributed by atoms with E-state index in [0.29, 0.717) is 6.07 Å². The number of nitrogens with zero attached hydrogens (tertiary/aromatic N) is 5. The van der Waals surface area contributed by atoms with E-state index in [1.807, 2.05) is 6.07 Å². The highest BCUT2D eigenvalue weighted by molar-refractivity contribution is 9.10. The topological polar surface area (TPSA) is 71.3 Å². The molecule has 0 saturated carbocycles. The molecule has 6 rings (SSSR count). The molecule has 0 bridgehead atoms. The largest absolute Gasteiger partial charge is 0.417 e. The van der Waals surface area contributed by atoms with E-state index in [9.17, 15) is 14.0 Å². The first-order valence-electron chi connectivity index (χ1n) is 14.4. The molecule has 0 radical (unpaired) electrons. The zero-order valence-corrected chi connectivity index (χ0v) is 27.0. The van der Waals surface area contributed by atoms with Gasteiger partial charge in [-0.05, 0) is 59.6 Å². The summed E-state index contributed by atoms with van der Waals surface area (Å²) < 4.78 is 76.0. The van der Waals surface area contributed by atoms with Crippen molar-refractivity contribution < 1.29 is 26.7 Å². The Hall–Kier alpha value is -3.78. The van der Waals surface area contributed by atoms with Gasteiger partial charge in [0.25, 0.3) is 0 Å². The van der Waals surface area contributed by atoms with Crippen LogP contribution in [-0.4, -0.2) is 56.3 Å². The van der Waals surface area contributed by atoms with E-state index in [-0.39, 0.29) is 75.4 Å². The van der Waals surface area contributed by atoms with E-state index >= 15 is 17.6 Å². The predicted molar refractivity (Wildman–Crippen MR) is 170 cm³/mol. The number of aromatic nitrogens is 3. The fourth-order valence-corrected chi connectivity index (χ4v) is 8.19. The third-order valence-corrected chi connectivity index (χ3v) is 10.3. The van der Waals surface area contributed by atoms with Crippen LogP contribution in [-0.2, 0) is 17.5 Å². The van der Waals surface area contributed by atoms with E-state index in [1.165, 1.54) is 10.6 Å². The van der Waals surface area contributed by atoms with Crippen molar-refractivity contribution in [1.82, 2.24) is 19.4 Å². The van der Waals surface area contributed by atoms with Crippen LogP contribution in [0.15, 0.2) is 69.5 Å². The predicted octanol–water partition coefficient (Wildman–Crippen LogP) is 7.02. The third-order valence-electron chi connectivity index (χ3n) is 8.42. The number of anilines is 1. The summed E-state index contributed by atoms with van der Waals surface area (Å²) in [4.78, 5) is 38.4. The monoisotopic (exact) mass is 719 g/mol. The van der Waals surface area contributed by atoms with Gasteiger partial charge in [0.2, 0.25) is 5.91 Å². The number of benzene rings is 2. The lowest BCUT2D eigenvalue weighted by Crippen LogP contribution is -2.58. The Kier molecular flexibility index (Phi) is 8.47. The van der Waals surface area contributed by atoms with Gasteiger partial charge in [-0.3, -0.25) is 14.3 Å². The van der Waals surface area contributed by atoms with Gasteiger partial charge in [-0.15, -0.1) is 11.8 Å². The number of alkyl halides is 3. The minimum absolute atomic E-state index is 0.0379. The third kappa shape index (κ3) is 5.59. The van der Waals surface area contributed by atoms with Crippen LogP contribution < -0.4 is 10.6 Å². The van der Waals surface area contributed by atoms with Gasteiger partial charge in [0.05, 0.1) is 15.6 Å². The molecule has 46 heavy (non-hydrogen) atoms. The lowest BCUT2D eigenvalue weighted by Gasteiger charge is -2.44. The van der Waals surface area contributed by atoms with Crippen LogP contribution in [0.4, 0.5) is 27.8 Å². The molecule has 0 spiro atoms. The molecule has 2 aromatic heterocycles. The van der Waals surface area contributed by atoms with Crippen LogP contribution in [0.25, 0.3) is 22.0 Å². The van der Waals surface area contributed by atoms with Gasteiger partial charge >= 0.3 is 11.9 Å². The summed E-state index contributed by atoms with van der Waals surface area (Å²) in [5.41, 5.74) is -1.82. The van der Waals surface area contributed by atoms with Crippen LogP contribution >= 0.6 is 27.7 Å². The Bertz CT molecular complexity index is 1930. The molecule has 7 nitrogen and oxygen atoms in total. The first-order chi connectivity index (χ1) is 21.8. The SMILES string of the molecule is C=CC(=O)N1[C@H](C)CN(c2nc(=O)n3c4c(c(-c5cc(Br)c(F)cc5F)c(C(F)(F)F)cc24)SC[C@H](c2cccnc2)C3)C[C@@H]1C. The minimum atomic E-state index is -4.96. The molecule has 2 aliphatic heterocycles. The van der Waals surface area contributed by atoms with Gasteiger partial charge in [-0.2, -0.15) is 18.2 Å². The smallest absolute Gasteiger partial charge is 0.352 e. The molecule has 0 N–H and O–H groups in total. The van der Waals surface area contributed by atoms with Gasteiger partial charge in [0.15, 0.2) is 0 Å². The van der Waals surface area contributed by atoms with Crippen molar-refractivity contribution in [2.24, 2.45) is 0 Å². The number of hydrogen-bond acceptors (Lipinski definition) is 6. The molecule has 1 fully saturated rings. The summed E-state index contributed by atoms with van der Waals surface area (Å²) in [7, 11) is 0. The first kappa shape index (κ1) is 32.2. The number of carbonyl (C=O) groups excluding carboxylic acids is 1. The molecule has 0 unspecified atom stereocenters. The van der Waals surface area contributed by atoms with E-state index in [1.54, 1.807) is 42.1 Å². The molecule has 2 aliphatic rings. The molecule has 1 saturated heterocycles. The van der Waals surface area contributed by atoms with E-state index in [4.69, 9.17) is 0 Å². The molecular weight excluding hydrogens is 693 g/mol. The highest BCUT2D eigenvalue weighted by atomic mass is 79.9. The average Bonchev–Trinajstić information content (AvgIpc) is 3.21. The van der Waals surface area contributed by atoms with Crippen LogP contribution in [0.1, 0.15) is 30.9 Å². The summed E-state index contributed by atoms with van der Waals surface area (Å²) in [6.45, 7) is 7.64. The number of carbonyl (C=O) groups is 1. The first-order valence-corrected chi connectivity index (χ1v) is 16.1. The highest BCUT2D eigenvalue weighted by Gasteiger charge is 2.40. The normalized spacial score (nSPS) is 20.1. The zero-order valence-electron chi connectivity index (χ0n) is 24.6. The lowest BCUT2D eigenvalue weighted by atomic mass is 9.95. The Labute approximate surface area is 273 Å². The molecule has 2 aromatic carbocycles. The van der Waals surface area contributed by atoms with Gasteiger partial charge in [-0.1, -0.05) is 12.6 Å². The maximum Gasteiger partial charge on any atom is 0.417 e. The molecule has 3 atom stereocenters. The fourth-order valence-electron chi connectivity index (χ4n) is 6.46. The van der Waals surface area contributed by atoms with Gasteiger partial charge in [0, 0.05) is 83.3 Å². The second-order valence-electron chi connectivity index (χ2n) is 11.4. The average molecular weight is 721 g/mol. The Morgan fingerprint density at radius 1 is 1.11 bits per heavy atom. The van der Waals surface area contributed by atoms with Crippen LogP contribution in [0.5, 0.6) is 0 Å². The Morgan fingerprint density at radius 2 is 1.83 bits per heavy atom. The second kappa shape index (κ2) is 12.1. The van der Waals surface area contributed by atoms with Crippen molar-refractivity contribution >= 4 is 50.3 Å². The molecule has 4 heterocycles. The summed E-state index contributed by atoms with van der Waals surface area (Å²) in [5, 5.41) is 0.0643. The van der Waals surface area contributed by atoms with Crippen molar-refractivity contribution in [2.75, 3.05) is 23.7 Å². The van der Waals surface area contributed by atoms with Crippen LogP contribution in [0.2, 0.25) is 0 Å².